The Balaban J connectivity index is 2.80. The SMILES string of the molecule is COS(=O)(=O)c1ccc(C(F)(F)F)cc1-c1cc(C)nc(SC)n1. The van der Waals surface area contributed by atoms with Gasteiger partial charge in [0.2, 0.25) is 0 Å². The van der Waals surface area contributed by atoms with Crippen LogP contribution in [0.3, 0.4) is 0 Å². The van der Waals surface area contributed by atoms with Crippen LogP contribution in [0, 0.1) is 6.92 Å². The van der Waals surface area contributed by atoms with Gasteiger partial charge in [0, 0.05) is 11.3 Å². The molecule has 1 aromatic heterocycles. The molecule has 1 heterocycles. The van der Waals surface area contributed by atoms with Crippen LogP contribution in [0.15, 0.2) is 34.3 Å². The average Bonchev–Trinajstić information content (AvgIpc) is 2.52. The van der Waals surface area contributed by atoms with Crippen molar-refractivity contribution in [1.29, 1.82) is 0 Å². The molecule has 2 aromatic rings. The van der Waals surface area contributed by atoms with Gasteiger partial charge in [0.05, 0.1) is 18.4 Å². The molecule has 0 N–H and O–H groups in total. The van der Waals surface area contributed by atoms with Crippen LogP contribution in [-0.4, -0.2) is 31.8 Å². The Kier molecular flexibility index (Phi) is 5.21. The van der Waals surface area contributed by atoms with E-state index in [1.807, 2.05) is 0 Å². The highest BCUT2D eigenvalue weighted by molar-refractivity contribution is 7.98. The van der Waals surface area contributed by atoms with Gasteiger partial charge in [-0.2, -0.15) is 21.6 Å². The Morgan fingerprint density at radius 1 is 1.17 bits per heavy atom. The molecule has 0 unspecified atom stereocenters. The Hall–Kier alpha value is -1.65. The Morgan fingerprint density at radius 2 is 1.83 bits per heavy atom. The maximum atomic E-state index is 13.0. The van der Waals surface area contributed by atoms with Gasteiger partial charge in [-0.05, 0) is 37.4 Å². The van der Waals surface area contributed by atoms with E-state index < -0.39 is 21.9 Å². The molecular formula is C14H13F3N2O3S2. The standard InChI is InChI=1S/C14H13F3N2O3S2/c1-8-6-11(19-13(18-8)23-3)10-7-9(14(15,16)17)4-5-12(10)24(20,21)22-2/h4-7H,1-3H3. The first-order chi connectivity index (χ1) is 11.1. The van der Waals surface area contributed by atoms with Gasteiger partial charge in [0.15, 0.2) is 5.16 Å². The molecule has 10 heteroatoms. The van der Waals surface area contributed by atoms with Crippen molar-refractivity contribution in [2.24, 2.45) is 0 Å². The summed E-state index contributed by atoms with van der Waals surface area (Å²) >= 11 is 1.20. The van der Waals surface area contributed by atoms with Gasteiger partial charge in [-0.3, -0.25) is 4.18 Å². The fraction of sp³-hybridized carbons (Fsp3) is 0.286. The quantitative estimate of drug-likeness (QED) is 0.461. The summed E-state index contributed by atoms with van der Waals surface area (Å²) in [5.74, 6) is 0. The van der Waals surface area contributed by atoms with Gasteiger partial charge in [-0.15, -0.1) is 0 Å². The lowest BCUT2D eigenvalue weighted by Gasteiger charge is -2.13. The lowest BCUT2D eigenvalue weighted by atomic mass is 10.1. The third-order valence-corrected chi connectivity index (χ3v) is 4.97. The summed E-state index contributed by atoms with van der Waals surface area (Å²) in [6.07, 6.45) is -2.91. The van der Waals surface area contributed by atoms with Crippen LogP contribution < -0.4 is 0 Å². The average molecular weight is 378 g/mol. The van der Waals surface area contributed by atoms with Crippen molar-refractivity contribution in [3.8, 4) is 11.3 Å². The summed E-state index contributed by atoms with van der Waals surface area (Å²) in [6.45, 7) is 1.64. The second kappa shape index (κ2) is 6.69. The van der Waals surface area contributed by atoms with Crippen LogP contribution in [0.2, 0.25) is 0 Å². The number of hydrogen-bond donors (Lipinski definition) is 0. The molecule has 0 bridgehead atoms. The predicted molar refractivity (Wildman–Crippen MR) is 83.2 cm³/mol. The number of thioether (sulfide) groups is 1. The van der Waals surface area contributed by atoms with E-state index in [2.05, 4.69) is 14.2 Å². The minimum atomic E-state index is -4.62. The van der Waals surface area contributed by atoms with Crippen molar-refractivity contribution in [1.82, 2.24) is 9.97 Å². The monoisotopic (exact) mass is 378 g/mol. The number of rotatable bonds is 4. The Labute approximate surface area is 141 Å². The van der Waals surface area contributed by atoms with E-state index in [4.69, 9.17) is 0 Å². The molecule has 5 nitrogen and oxygen atoms in total. The van der Waals surface area contributed by atoms with Gasteiger partial charge in [-0.1, -0.05) is 11.8 Å². The molecule has 0 aliphatic carbocycles. The summed E-state index contributed by atoms with van der Waals surface area (Å²) in [6, 6.07) is 3.73. The number of benzene rings is 1. The van der Waals surface area contributed by atoms with Gasteiger partial charge >= 0.3 is 6.18 Å². The zero-order chi connectivity index (χ0) is 18.1. The van der Waals surface area contributed by atoms with Crippen molar-refractivity contribution in [3.63, 3.8) is 0 Å². The number of alkyl halides is 3. The van der Waals surface area contributed by atoms with E-state index in [1.165, 1.54) is 17.8 Å². The van der Waals surface area contributed by atoms with Gasteiger partial charge < -0.3 is 0 Å². The highest BCUT2D eigenvalue weighted by atomic mass is 32.2. The van der Waals surface area contributed by atoms with E-state index in [9.17, 15) is 21.6 Å². The number of nitrogens with zero attached hydrogens (tertiary/aromatic N) is 2. The fourth-order valence-corrected chi connectivity index (χ4v) is 3.26. The Morgan fingerprint density at radius 3 is 2.38 bits per heavy atom. The van der Waals surface area contributed by atoms with Crippen molar-refractivity contribution in [2.45, 2.75) is 23.2 Å². The fourth-order valence-electron chi connectivity index (χ4n) is 1.98. The largest absolute Gasteiger partial charge is 0.416 e. The molecule has 2 rings (SSSR count). The minimum Gasteiger partial charge on any atom is -0.270 e. The normalized spacial score (nSPS) is 12.4. The molecule has 130 valence electrons. The zero-order valence-corrected chi connectivity index (χ0v) is 14.5. The van der Waals surface area contributed by atoms with Crippen LogP contribution in [0.1, 0.15) is 11.3 Å². The van der Waals surface area contributed by atoms with Crippen molar-refractivity contribution < 1.29 is 25.8 Å². The molecule has 0 atom stereocenters. The second-order valence-corrected chi connectivity index (χ2v) is 7.17. The van der Waals surface area contributed by atoms with Crippen molar-refractivity contribution in [2.75, 3.05) is 13.4 Å². The first kappa shape index (κ1) is 18.7. The maximum Gasteiger partial charge on any atom is 0.416 e. The molecule has 0 spiro atoms. The number of halogens is 3. The zero-order valence-electron chi connectivity index (χ0n) is 12.9. The van der Waals surface area contributed by atoms with Crippen LogP contribution in [-0.2, 0) is 20.5 Å². The highest BCUT2D eigenvalue weighted by Gasteiger charge is 2.33. The third-order valence-electron chi connectivity index (χ3n) is 3.09. The number of aryl methyl sites for hydroxylation is 1. The van der Waals surface area contributed by atoms with Crippen LogP contribution >= 0.6 is 11.8 Å². The molecule has 0 amide bonds. The summed E-state index contributed by atoms with van der Waals surface area (Å²) < 4.78 is 67.5. The Bertz CT molecular complexity index is 868. The molecule has 0 aliphatic heterocycles. The van der Waals surface area contributed by atoms with Crippen molar-refractivity contribution in [3.05, 3.63) is 35.5 Å². The van der Waals surface area contributed by atoms with Crippen LogP contribution in [0.4, 0.5) is 13.2 Å². The second-order valence-electron chi connectivity index (χ2n) is 4.71. The lowest BCUT2D eigenvalue weighted by molar-refractivity contribution is -0.137. The summed E-state index contributed by atoms with van der Waals surface area (Å²) in [5, 5.41) is 0.322. The molecule has 1 aromatic carbocycles. The summed E-state index contributed by atoms with van der Waals surface area (Å²) in [7, 11) is -3.27. The first-order valence-electron chi connectivity index (χ1n) is 6.50. The van der Waals surface area contributed by atoms with Crippen molar-refractivity contribution >= 4 is 21.9 Å². The van der Waals surface area contributed by atoms with Crippen LogP contribution in [0.5, 0.6) is 0 Å². The molecule has 0 fully saturated rings. The minimum absolute atomic E-state index is 0.0774. The topological polar surface area (TPSA) is 69.2 Å². The molecule has 0 radical (unpaired) electrons. The van der Waals surface area contributed by atoms with E-state index >= 15 is 0 Å². The van der Waals surface area contributed by atoms with Gasteiger partial charge in [-0.25, -0.2) is 9.97 Å². The molecular weight excluding hydrogens is 365 g/mol. The predicted octanol–water partition coefficient (Wildman–Crippen LogP) is 3.53. The van der Waals surface area contributed by atoms with Crippen LogP contribution in [0.25, 0.3) is 11.3 Å². The first-order valence-corrected chi connectivity index (χ1v) is 9.13. The molecule has 24 heavy (non-hydrogen) atoms. The number of aromatic nitrogens is 2. The van der Waals surface area contributed by atoms with E-state index in [-0.39, 0.29) is 16.2 Å². The molecule has 0 aliphatic rings. The van der Waals surface area contributed by atoms with E-state index in [0.717, 1.165) is 19.2 Å². The lowest BCUT2D eigenvalue weighted by Crippen LogP contribution is -2.10. The number of hydrogen-bond acceptors (Lipinski definition) is 6. The highest BCUT2D eigenvalue weighted by Crippen LogP contribution is 2.36. The van der Waals surface area contributed by atoms with Gasteiger partial charge in [0.25, 0.3) is 10.1 Å². The van der Waals surface area contributed by atoms with Gasteiger partial charge in [0.1, 0.15) is 4.90 Å². The molecule has 0 saturated carbocycles. The summed E-state index contributed by atoms with van der Waals surface area (Å²) in [5.41, 5.74) is -0.585. The smallest absolute Gasteiger partial charge is 0.270 e. The summed E-state index contributed by atoms with van der Waals surface area (Å²) in [4.78, 5) is 7.84. The van der Waals surface area contributed by atoms with E-state index in [1.54, 1.807) is 13.2 Å². The third kappa shape index (κ3) is 3.87. The maximum absolute atomic E-state index is 13.0. The molecule has 0 saturated heterocycles. The van der Waals surface area contributed by atoms with E-state index in [0.29, 0.717) is 16.9 Å².